The first kappa shape index (κ1) is 11.4. The van der Waals surface area contributed by atoms with Gasteiger partial charge in [0.15, 0.2) is 5.13 Å². The molecule has 16 heavy (non-hydrogen) atoms. The first-order valence-electron chi connectivity index (χ1n) is 5.87. The highest BCUT2D eigenvalue weighted by molar-refractivity contribution is 7.22. The summed E-state index contributed by atoms with van der Waals surface area (Å²) >= 11 is 1.58. The molecule has 1 heterocycles. The van der Waals surface area contributed by atoms with Crippen LogP contribution in [0.15, 0.2) is 18.2 Å². The van der Waals surface area contributed by atoms with E-state index in [1.54, 1.807) is 11.3 Å². The minimum Gasteiger partial charge on any atom is -0.375 e. The van der Waals surface area contributed by atoms with E-state index < -0.39 is 0 Å². The summed E-state index contributed by atoms with van der Waals surface area (Å²) in [6, 6.07) is 6.50. The molecule has 2 rings (SSSR count). The van der Waals surface area contributed by atoms with Gasteiger partial charge in [0.25, 0.3) is 0 Å². The van der Waals surface area contributed by atoms with Gasteiger partial charge in [-0.25, -0.2) is 4.98 Å². The van der Waals surface area contributed by atoms with Gasteiger partial charge >= 0.3 is 0 Å². The predicted molar refractivity (Wildman–Crippen MR) is 71.8 cm³/mol. The molecule has 1 aromatic heterocycles. The molecule has 0 aliphatic heterocycles. The summed E-state index contributed by atoms with van der Waals surface area (Å²) in [5, 5.41) is 0.662. The number of nitrogens with two attached hydrogens (primary N) is 1. The lowest BCUT2D eigenvalue weighted by atomic mass is 9.95. The zero-order chi connectivity index (χ0) is 11.5. The molecule has 0 unspecified atom stereocenters. The standard InChI is InChI=1S/C13H18N2S/c1-3-9(4-2)7-10-5-6-11-12(8-10)16-13(14)15-11/h5-6,8-9H,3-4,7H2,1-2H3,(H2,14,15). The van der Waals surface area contributed by atoms with Crippen LogP contribution in [-0.2, 0) is 6.42 Å². The van der Waals surface area contributed by atoms with Crippen LogP contribution in [0.5, 0.6) is 0 Å². The Balaban J connectivity index is 2.24. The molecule has 0 aliphatic carbocycles. The summed E-state index contributed by atoms with van der Waals surface area (Å²) in [4.78, 5) is 4.27. The van der Waals surface area contributed by atoms with Crippen molar-refractivity contribution in [3.63, 3.8) is 0 Å². The minimum atomic E-state index is 0.662. The average Bonchev–Trinajstić information content (AvgIpc) is 2.65. The van der Waals surface area contributed by atoms with E-state index in [0.29, 0.717) is 5.13 Å². The second kappa shape index (κ2) is 4.83. The Morgan fingerprint density at radius 3 is 2.75 bits per heavy atom. The molecule has 2 N–H and O–H groups in total. The van der Waals surface area contributed by atoms with E-state index in [1.807, 2.05) is 0 Å². The van der Waals surface area contributed by atoms with Crippen molar-refractivity contribution in [1.82, 2.24) is 4.98 Å². The van der Waals surface area contributed by atoms with E-state index >= 15 is 0 Å². The molecule has 0 radical (unpaired) electrons. The van der Waals surface area contributed by atoms with Crippen molar-refractivity contribution in [2.24, 2.45) is 5.92 Å². The fraction of sp³-hybridized carbons (Fsp3) is 0.462. The van der Waals surface area contributed by atoms with Gasteiger partial charge in [-0.1, -0.05) is 44.1 Å². The topological polar surface area (TPSA) is 38.9 Å². The third-order valence-corrected chi connectivity index (χ3v) is 4.00. The molecule has 0 saturated carbocycles. The van der Waals surface area contributed by atoms with Crippen LogP contribution in [0.25, 0.3) is 10.2 Å². The van der Waals surface area contributed by atoms with E-state index in [4.69, 9.17) is 5.73 Å². The zero-order valence-corrected chi connectivity index (χ0v) is 10.7. The Kier molecular flexibility index (Phi) is 3.44. The third kappa shape index (κ3) is 2.35. The molecule has 0 saturated heterocycles. The third-order valence-electron chi connectivity index (χ3n) is 3.15. The molecule has 1 aromatic carbocycles. The Hall–Kier alpha value is -1.09. The summed E-state index contributed by atoms with van der Waals surface area (Å²) in [7, 11) is 0. The number of aromatic nitrogens is 1. The van der Waals surface area contributed by atoms with E-state index in [0.717, 1.165) is 11.4 Å². The van der Waals surface area contributed by atoms with Gasteiger partial charge in [-0.05, 0) is 30.0 Å². The number of hydrogen-bond acceptors (Lipinski definition) is 3. The molecule has 86 valence electrons. The SMILES string of the molecule is CCC(CC)Cc1ccc2nc(N)sc2c1. The van der Waals surface area contributed by atoms with E-state index in [9.17, 15) is 0 Å². The lowest BCUT2D eigenvalue weighted by Crippen LogP contribution is -2.01. The molecule has 2 aromatic rings. The zero-order valence-electron chi connectivity index (χ0n) is 9.86. The lowest BCUT2D eigenvalue weighted by Gasteiger charge is -2.11. The fourth-order valence-electron chi connectivity index (χ4n) is 2.02. The average molecular weight is 234 g/mol. The first-order valence-corrected chi connectivity index (χ1v) is 6.69. The van der Waals surface area contributed by atoms with Crippen LogP contribution in [0, 0.1) is 5.92 Å². The molecule has 2 nitrogen and oxygen atoms in total. The quantitative estimate of drug-likeness (QED) is 0.872. The number of benzene rings is 1. The molecule has 0 fully saturated rings. The molecule has 0 atom stereocenters. The van der Waals surface area contributed by atoms with Crippen LogP contribution in [0.3, 0.4) is 0 Å². The van der Waals surface area contributed by atoms with Gasteiger partial charge in [0.1, 0.15) is 0 Å². The normalized spacial score (nSPS) is 11.4. The Labute approximate surface area is 101 Å². The van der Waals surface area contributed by atoms with Crippen LogP contribution in [-0.4, -0.2) is 4.98 Å². The summed E-state index contributed by atoms with van der Waals surface area (Å²) in [6.45, 7) is 4.52. The predicted octanol–water partition coefficient (Wildman–Crippen LogP) is 3.86. The van der Waals surface area contributed by atoms with Crippen molar-refractivity contribution in [3.8, 4) is 0 Å². The van der Waals surface area contributed by atoms with Gasteiger partial charge in [0.05, 0.1) is 10.2 Å². The maximum atomic E-state index is 5.70. The highest BCUT2D eigenvalue weighted by Gasteiger charge is 2.07. The summed E-state index contributed by atoms with van der Waals surface area (Å²) in [5.74, 6) is 0.794. The van der Waals surface area contributed by atoms with Gasteiger partial charge in [0, 0.05) is 0 Å². The Bertz CT molecular complexity index is 472. The molecular weight excluding hydrogens is 216 g/mol. The number of thiazole rings is 1. The van der Waals surface area contributed by atoms with Gasteiger partial charge in [0.2, 0.25) is 0 Å². The molecule has 0 aliphatic rings. The number of fused-ring (bicyclic) bond motifs is 1. The van der Waals surface area contributed by atoms with Crippen molar-refractivity contribution in [2.45, 2.75) is 33.1 Å². The lowest BCUT2D eigenvalue weighted by molar-refractivity contribution is 0.491. The molecular formula is C13H18N2S. The van der Waals surface area contributed by atoms with Crippen LogP contribution < -0.4 is 5.73 Å². The maximum absolute atomic E-state index is 5.70. The largest absolute Gasteiger partial charge is 0.375 e. The number of nitrogens with zero attached hydrogens (tertiary/aromatic N) is 1. The number of nitrogen functional groups attached to an aromatic ring is 1. The maximum Gasteiger partial charge on any atom is 0.181 e. The number of hydrogen-bond donors (Lipinski definition) is 1. The smallest absolute Gasteiger partial charge is 0.181 e. The van der Waals surface area contributed by atoms with Gasteiger partial charge in [-0.15, -0.1) is 0 Å². The molecule has 3 heteroatoms. The van der Waals surface area contributed by atoms with Crippen LogP contribution in [0.2, 0.25) is 0 Å². The van der Waals surface area contributed by atoms with Crippen molar-refractivity contribution in [2.75, 3.05) is 5.73 Å². The van der Waals surface area contributed by atoms with Crippen LogP contribution >= 0.6 is 11.3 Å². The molecule has 0 amide bonds. The van der Waals surface area contributed by atoms with Crippen LogP contribution in [0.1, 0.15) is 32.3 Å². The van der Waals surface area contributed by atoms with Crippen molar-refractivity contribution in [3.05, 3.63) is 23.8 Å². The van der Waals surface area contributed by atoms with E-state index in [2.05, 4.69) is 37.0 Å². The van der Waals surface area contributed by atoms with Crippen LogP contribution in [0.4, 0.5) is 5.13 Å². The highest BCUT2D eigenvalue weighted by Crippen LogP contribution is 2.26. The molecule has 0 bridgehead atoms. The number of rotatable bonds is 4. The Morgan fingerprint density at radius 1 is 1.31 bits per heavy atom. The van der Waals surface area contributed by atoms with E-state index in [1.165, 1.54) is 29.5 Å². The van der Waals surface area contributed by atoms with E-state index in [-0.39, 0.29) is 0 Å². The Morgan fingerprint density at radius 2 is 2.06 bits per heavy atom. The number of anilines is 1. The second-order valence-electron chi connectivity index (χ2n) is 4.24. The highest BCUT2D eigenvalue weighted by atomic mass is 32.1. The van der Waals surface area contributed by atoms with Crippen molar-refractivity contribution < 1.29 is 0 Å². The van der Waals surface area contributed by atoms with Gasteiger partial charge in [-0.3, -0.25) is 0 Å². The van der Waals surface area contributed by atoms with Crippen molar-refractivity contribution in [1.29, 1.82) is 0 Å². The second-order valence-corrected chi connectivity index (χ2v) is 5.30. The summed E-state index contributed by atoms with van der Waals surface area (Å²) < 4.78 is 1.21. The minimum absolute atomic E-state index is 0.662. The summed E-state index contributed by atoms with van der Waals surface area (Å²) in [6.07, 6.45) is 3.67. The summed E-state index contributed by atoms with van der Waals surface area (Å²) in [5.41, 5.74) is 8.13. The fourth-order valence-corrected chi connectivity index (χ4v) is 2.82. The van der Waals surface area contributed by atoms with Crippen molar-refractivity contribution >= 4 is 26.7 Å². The monoisotopic (exact) mass is 234 g/mol. The molecule has 0 spiro atoms. The van der Waals surface area contributed by atoms with Gasteiger partial charge < -0.3 is 5.73 Å². The first-order chi connectivity index (χ1) is 7.72. The van der Waals surface area contributed by atoms with Gasteiger partial charge in [-0.2, -0.15) is 0 Å².